The van der Waals surface area contributed by atoms with Crippen LogP contribution in [0.5, 0.6) is 0 Å². The SMILES string of the molecule is O=[N+]([O-])c1ccc(-c2ccc(C=NNS(=O)(=O)c3ccc(F)cc3)o2)cc1. The molecule has 1 heterocycles. The minimum Gasteiger partial charge on any atom is -0.455 e. The van der Waals surface area contributed by atoms with Gasteiger partial charge in [-0.15, -0.1) is 0 Å². The number of nitro groups is 1. The van der Waals surface area contributed by atoms with E-state index in [1.807, 2.05) is 4.83 Å². The highest BCUT2D eigenvalue weighted by Gasteiger charge is 2.12. The van der Waals surface area contributed by atoms with Gasteiger partial charge in [0.25, 0.3) is 15.7 Å². The first-order valence-corrected chi connectivity index (χ1v) is 8.98. The normalized spacial score (nSPS) is 11.6. The first kappa shape index (κ1) is 18.3. The lowest BCUT2D eigenvalue weighted by molar-refractivity contribution is -0.384. The number of furan rings is 1. The van der Waals surface area contributed by atoms with Crippen molar-refractivity contribution >= 4 is 21.9 Å². The van der Waals surface area contributed by atoms with Gasteiger partial charge in [0, 0.05) is 17.7 Å². The molecule has 1 aromatic heterocycles. The number of hydrogen-bond acceptors (Lipinski definition) is 6. The Labute approximate surface area is 153 Å². The van der Waals surface area contributed by atoms with Crippen molar-refractivity contribution in [1.82, 2.24) is 4.83 Å². The van der Waals surface area contributed by atoms with E-state index in [1.54, 1.807) is 12.1 Å². The molecule has 0 saturated carbocycles. The van der Waals surface area contributed by atoms with Crippen LogP contribution in [-0.2, 0) is 10.0 Å². The maximum absolute atomic E-state index is 12.9. The lowest BCUT2D eigenvalue weighted by Crippen LogP contribution is -2.18. The number of non-ortho nitro benzene ring substituents is 1. The maximum atomic E-state index is 12.9. The molecular formula is C17H12FN3O5S. The van der Waals surface area contributed by atoms with E-state index in [4.69, 9.17) is 4.42 Å². The minimum atomic E-state index is -3.93. The first-order valence-electron chi connectivity index (χ1n) is 7.50. The lowest BCUT2D eigenvalue weighted by atomic mass is 10.1. The molecule has 0 atom stereocenters. The van der Waals surface area contributed by atoms with Gasteiger partial charge in [0.15, 0.2) is 0 Å². The van der Waals surface area contributed by atoms with E-state index < -0.39 is 20.8 Å². The number of hydrogen-bond donors (Lipinski definition) is 1. The monoisotopic (exact) mass is 389 g/mol. The van der Waals surface area contributed by atoms with Gasteiger partial charge < -0.3 is 4.42 Å². The minimum absolute atomic E-state index is 0.0395. The van der Waals surface area contributed by atoms with Crippen LogP contribution in [0.25, 0.3) is 11.3 Å². The van der Waals surface area contributed by atoms with Gasteiger partial charge in [-0.1, -0.05) is 0 Å². The molecule has 3 aromatic rings. The molecule has 0 aliphatic rings. The number of nitrogens with one attached hydrogen (secondary N) is 1. The van der Waals surface area contributed by atoms with Crippen LogP contribution in [0.1, 0.15) is 5.76 Å². The molecule has 0 aliphatic carbocycles. The standard InChI is InChI=1S/C17H12FN3O5S/c18-13-3-8-16(9-4-13)27(24,25)20-19-11-15-7-10-17(26-15)12-1-5-14(6-2-12)21(22)23/h1-11,20H. The van der Waals surface area contributed by atoms with E-state index in [-0.39, 0.29) is 16.3 Å². The van der Waals surface area contributed by atoms with Crippen LogP contribution in [0, 0.1) is 15.9 Å². The summed E-state index contributed by atoms with van der Waals surface area (Å²) >= 11 is 0. The summed E-state index contributed by atoms with van der Waals surface area (Å²) in [7, 11) is -3.93. The molecule has 0 bridgehead atoms. The maximum Gasteiger partial charge on any atom is 0.276 e. The second kappa shape index (κ2) is 7.38. The Balaban J connectivity index is 1.70. The Morgan fingerprint density at radius 1 is 1.04 bits per heavy atom. The van der Waals surface area contributed by atoms with E-state index in [2.05, 4.69) is 5.10 Å². The largest absolute Gasteiger partial charge is 0.455 e. The summed E-state index contributed by atoms with van der Waals surface area (Å²) in [5, 5.41) is 14.3. The third kappa shape index (κ3) is 4.36. The van der Waals surface area contributed by atoms with E-state index in [1.165, 1.54) is 24.3 Å². The molecule has 3 rings (SSSR count). The molecule has 0 amide bonds. The summed E-state index contributed by atoms with van der Waals surface area (Å²) in [4.78, 5) is 12.0. The fourth-order valence-corrected chi connectivity index (χ4v) is 2.94. The summed E-state index contributed by atoms with van der Waals surface area (Å²) < 4.78 is 42.4. The molecule has 0 unspecified atom stereocenters. The smallest absolute Gasteiger partial charge is 0.276 e. The molecule has 0 saturated heterocycles. The van der Waals surface area contributed by atoms with Crippen molar-refractivity contribution in [1.29, 1.82) is 0 Å². The molecule has 27 heavy (non-hydrogen) atoms. The molecule has 138 valence electrons. The highest BCUT2D eigenvalue weighted by Crippen LogP contribution is 2.24. The topological polar surface area (TPSA) is 115 Å². The summed E-state index contributed by atoms with van der Waals surface area (Å²) in [5.41, 5.74) is 0.578. The molecule has 0 spiro atoms. The van der Waals surface area contributed by atoms with Gasteiger partial charge in [-0.2, -0.15) is 18.4 Å². The van der Waals surface area contributed by atoms with E-state index in [9.17, 15) is 22.9 Å². The van der Waals surface area contributed by atoms with Crippen LogP contribution in [0.2, 0.25) is 0 Å². The zero-order valence-corrected chi connectivity index (χ0v) is 14.4. The third-order valence-corrected chi connectivity index (χ3v) is 4.72. The quantitative estimate of drug-likeness (QED) is 0.395. The summed E-state index contributed by atoms with van der Waals surface area (Å²) in [6.45, 7) is 0. The Morgan fingerprint density at radius 2 is 1.70 bits per heavy atom. The van der Waals surface area contributed by atoms with Crippen LogP contribution in [-0.4, -0.2) is 19.6 Å². The molecular weight excluding hydrogens is 377 g/mol. The van der Waals surface area contributed by atoms with Gasteiger partial charge in [0.2, 0.25) is 0 Å². The molecule has 1 N–H and O–H groups in total. The highest BCUT2D eigenvalue weighted by molar-refractivity contribution is 7.89. The van der Waals surface area contributed by atoms with Crippen LogP contribution >= 0.6 is 0 Å². The molecule has 0 aliphatic heterocycles. The van der Waals surface area contributed by atoms with Crippen molar-refractivity contribution in [3.8, 4) is 11.3 Å². The van der Waals surface area contributed by atoms with Crippen molar-refractivity contribution in [3.05, 3.63) is 82.4 Å². The second-order valence-corrected chi connectivity index (χ2v) is 6.97. The summed E-state index contributed by atoms with van der Waals surface area (Å²) in [6, 6.07) is 13.3. The number of hydrazone groups is 1. The van der Waals surface area contributed by atoms with E-state index in [0.717, 1.165) is 30.5 Å². The Kier molecular flexibility index (Phi) is 4.99. The van der Waals surface area contributed by atoms with E-state index in [0.29, 0.717) is 11.3 Å². The van der Waals surface area contributed by atoms with Gasteiger partial charge in [-0.25, -0.2) is 4.39 Å². The predicted octanol–water partition coefficient (Wildman–Crippen LogP) is 3.31. The average molecular weight is 389 g/mol. The van der Waals surface area contributed by atoms with Gasteiger partial charge >= 0.3 is 0 Å². The third-order valence-electron chi connectivity index (χ3n) is 3.48. The number of halogens is 1. The fourth-order valence-electron chi connectivity index (χ4n) is 2.15. The van der Waals surface area contributed by atoms with Crippen LogP contribution in [0.3, 0.4) is 0 Å². The molecule has 10 heteroatoms. The number of nitro benzene ring substituents is 1. The zero-order chi connectivity index (χ0) is 19.4. The lowest BCUT2D eigenvalue weighted by Gasteiger charge is -2.02. The average Bonchev–Trinajstić information content (AvgIpc) is 3.11. The number of sulfonamides is 1. The molecule has 0 fully saturated rings. The van der Waals surface area contributed by atoms with Gasteiger partial charge in [0.1, 0.15) is 17.3 Å². The van der Waals surface area contributed by atoms with Crippen LogP contribution < -0.4 is 4.83 Å². The van der Waals surface area contributed by atoms with Crippen molar-refractivity contribution in [2.75, 3.05) is 0 Å². The van der Waals surface area contributed by atoms with Crippen LogP contribution in [0.4, 0.5) is 10.1 Å². The van der Waals surface area contributed by atoms with Crippen LogP contribution in [0.15, 0.2) is 75.1 Å². The number of nitrogens with zero attached hydrogens (tertiary/aromatic N) is 2. The highest BCUT2D eigenvalue weighted by atomic mass is 32.2. The molecule has 8 nitrogen and oxygen atoms in total. The molecule has 0 radical (unpaired) electrons. The Hall–Kier alpha value is -3.53. The fraction of sp³-hybridized carbons (Fsp3) is 0. The summed E-state index contributed by atoms with van der Waals surface area (Å²) in [5.74, 6) is 0.157. The van der Waals surface area contributed by atoms with Crippen molar-refractivity contribution in [2.45, 2.75) is 4.90 Å². The second-order valence-electron chi connectivity index (χ2n) is 5.31. The van der Waals surface area contributed by atoms with Crippen molar-refractivity contribution in [3.63, 3.8) is 0 Å². The summed E-state index contributed by atoms with van der Waals surface area (Å²) in [6.07, 6.45) is 1.16. The Morgan fingerprint density at radius 3 is 2.33 bits per heavy atom. The predicted molar refractivity (Wildman–Crippen MR) is 95.1 cm³/mol. The number of benzene rings is 2. The van der Waals surface area contributed by atoms with Crippen molar-refractivity contribution < 1.29 is 22.1 Å². The number of rotatable bonds is 6. The Bertz CT molecular complexity index is 1090. The zero-order valence-electron chi connectivity index (χ0n) is 13.6. The van der Waals surface area contributed by atoms with Crippen molar-refractivity contribution in [2.24, 2.45) is 5.10 Å². The van der Waals surface area contributed by atoms with Gasteiger partial charge in [-0.3, -0.25) is 10.1 Å². The molecule has 2 aromatic carbocycles. The van der Waals surface area contributed by atoms with E-state index >= 15 is 0 Å². The first-order chi connectivity index (χ1) is 12.8. The van der Waals surface area contributed by atoms with Gasteiger partial charge in [0.05, 0.1) is 16.0 Å². The van der Waals surface area contributed by atoms with Gasteiger partial charge in [-0.05, 0) is 48.5 Å².